The van der Waals surface area contributed by atoms with Gasteiger partial charge in [-0.25, -0.2) is 4.39 Å². The standard InChI is InChI=1S/C15H18FNOS/c16-14-4-2-1-3-13(14)15(10-17,11-18)7-5-12-6-8-19-9-12/h1-4,6,8-9,18H,5,7,10-11,17H2. The molecule has 0 spiro atoms. The van der Waals surface area contributed by atoms with Gasteiger partial charge in [0.05, 0.1) is 6.61 Å². The lowest BCUT2D eigenvalue weighted by atomic mass is 9.76. The van der Waals surface area contributed by atoms with Crippen LogP contribution in [-0.4, -0.2) is 18.3 Å². The Labute approximate surface area is 116 Å². The zero-order valence-electron chi connectivity index (χ0n) is 10.7. The number of rotatable bonds is 6. The number of aliphatic hydroxyl groups is 1. The van der Waals surface area contributed by atoms with Crippen molar-refractivity contribution in [2.24, 2.45) is 5.73 Å². The Hall–Kier alpha value is -1.23. The van der Waals surface area contributed by atoms with Crippen LogP contribution >= 0.6 is 11.3 Å². The smallest absolute Gasteiger partial charge is 0.127 e. The van der Waals surface area contributed by atoms with Crippen LogP contribution in [0.25, 0.3) is 0 Å². The lowest BCUT2D eigenvalue weighted by Gasteiger charge is -2.31. The largest absolute Gasteiger partial charge is 0.395 e. The van der Waals surface area contributed by atoms with Crippen LogP contribution in [0.5, 0.6) is 0 Å². The maximum absolute atomic E-state index is 14.0. The van der Waals surface area contributed by atoms with E-state index in [2.05, 4.69) is 5.38 Å². The average Bonchev–Trinajstić information content (AvgIpc) is 2.95. The quantitative estimate of drug-likeness (QED) is 0.854. The van der Waals surface area contributed by atoms with Crippen molar-refractivity contribution >= 4 is 11.3 Å². The van der Waals surface area contributed by atoms with Crippen LogP contribution < -0.4 is 5.73 Å². The summed E-state index contributed by atoms with van der Waals surface area (Å²) in [5.74, 6) is -0.299. The number of benzene rings is 1. The van der Waals surface area contributed by atoms with E-state index in [1.54, 1.807) is 29.5 Å². The van der Waals surface area contributed by atoms with E-state index in [0.717, 1.165) is 6.42 Å². The van der Waals surface area contributed by atoms with Crippen molar-refractivity contribution in [1.82, 2.24) is 0 Å². The van der Waals surface area contributed by atoms with Gasteiger partial charge in [-0.2, -0.15) is 11.3 Å². The SMILES string of the molecule is NCC(CO)(CCc1ccsc1)c1ccccc1F. The number of hydrogen-bond donors (Lipinski definition) is 2. The van der Waals surface area contributed by atoms with Gasteiger partial charge in [-0.1, -0.05) is 18.2 Å². The Kier molecular flexibility index (Phi) is 4.69. The molecule has 19 heavy (non-hydrogen) atoms. The van der Waals surface area contributed by atoms with Crippen LogP contribution in [0.2, 0.25) is 0 Å². The first-order valence-electron chi connectivity index (χ1n) is 6.29. The van der Waals surface area contributed by atoms with Gasteiger partial charge in [0.2, 0.25) is 0 Å². The third-order valence-corrected chi connectivity index (χ3v) is 4.34. The molecule has 0 saturated heterocycles. The number of halogens is 1. The van der Waals surface area contributed by atoms with Gasteiger partial charge in [-0.05, 0) is 46.9 Å². The second kappa shape index (κ2) is 6.28. The minimum absolute atomic E-state index is 0.144. The third-order valence-electron chi connectivity index (χ3n) is 3.61. The number of hydrogen-bond acceptors (Lipinski definition) is 3. The van der Waals surface area contributed by atoms with Crippen molar-refractivity contribution < 1.29 is 9.50 Å². The summed E-state index contributed by atoms with van der Waals surface area (Å²) >= 11 is 1.64. The first kappa shape index (κ1) is 14.2. The van der Waals surface area contributed by atoms with Crippen molar-refractivity contribution in [3.05, 3.63) is 58.0 Å². The summed E-state index contributed by atoms with van der Waals surface area (Å²) in [6.07, 6.45) is 1.42. The van der Waals surface area contributed by atoms with E-state index in [1.807, 2.05) is 11.4 Å². The summed E-state index contributed by atoms with van der Waals surface area (Å²) < 4.78 is 14.0. The van der Waals surface area contributed by atoms with Gasteiger partial charge in [0.15, 0.2) is 0 Å². The Balaban J connectivity index is 2.24. The zero-order chi connectivity index (χ0) is 13.7. The van der Waals surface area contributed by atoms with Crippen LogP contribution in [0.3, 0.4) is 0 Å². The van der Waals surface area contributed by atoms with Gasteiger partial charge in [-0.3, -0.25) is 0 Å². The highest BCUT2D eigenvalue weighted by molar-refractivity contribution is 7.07. The molecule has 0 aliphatic carbocycles. The molecule has 1 aromatic heterocycles. The molecule has 1 unspecified atom stereocenters. The molecule has 3 N–H and O–H groups in total. The van der Waals surface area contributed by atoms with Crippen LogP contribution in [0, 0.1) is 5.82 Å². The highest BCUT2D eigenvalue weighted by Crippen LogP contribution is 2.30. The van der Waals surface area contributed by atoms with Gasteiger partial charge < -0.3 is 10.8 Å². The molecule has 0 saturated carbocycles. The molecule has 2 nitrogen and oxygen atoms in total. The summed E-state index contributed by atoms with van der Waals surface area (Å²) in [5.41, 5.74) is 6.84. The molecule has 4 heteroatoms. The molecule has 2 rings (SSSR count). The van der Waals surface area contributed by atoms with Gasteiger partial charge in [-0.15, -0.1) is 0 Å². The average molecular weight is 279 g/mol. The molecular formula is C15H18FNOS. The molecule has 0 aliphatic heterocycles. The summed E-state index contributed by atoms with van der Waals surface area (Å²) in [6.45, 7) is 0.0864. The maximum Gasteiger partial charge on any atom is 0.127 e. The van der Waals surface area contributed by atoms with E-state index >= 15 is 0 Å². The Bertz CT molecular complexity index is 509. The van der Waals surface area contributed by atoms with Crippen molar-refractivity contribution in [1.29, 1.82) is 0 Å². The van der Waals surface area contributed by atoms with Crippen LogP contribution in [0.4, 0.5) is 4.39 Å². The Morgan fingerprint density at radius 3 is 2.63 bits per heavy atom. The van der Waals surface area contributed by atoms with Crippen molar-refractivity contribution in [2.45, 2.75) is 18.3 Å². The molecule has 0 radical (unpaired) electrons. The van der Waals surface area contributed by atoms with Crippen LogP contribution in [0.15, 0.2) is 41.1 Å². The van der Waals surface area contributed by atoms with E-state index in [-0.39, 0.29) is 19.0 Å². The molecule has 1 heterocycles. The second-order valence-corrected chi connectivity index (χ2v) is 5.53. The van der Waals surface area contributed by atoms with Crippen molar-refractivity contribution in [2.75, 3.05) is 13.2 Å². The topological polar surface area (TPSA) is 46.2 Å². The minimum Gasteiger partial charge on any atom is -0.395 e. The lowest BCUT2D eigenvalue weighted by molar-refractivity contribution is 0.184. The fourth-order valence-corrected chi connectivity index (χ4v) is 2.99. The Morgan fingerprint density at radius 2 is 2.05 bits per heavy atom. The predicted octanol–water partition coefficient (Wildman–Crippen LogP) is 2.71. The van der Waals surface area contributed by atoms with E-state index in [9.17, 15) is 9.50 Å². The van der Waals surface area contributed by atoms with Crippen molar-refractivity contribution in [3.63, 3.8) is 0 Å². The Morgan fingerprint density at radius 1 is 1.26 bits per heavy atom. The molecular weight excluding hydrogens is 261 g/mol. The van der Waals surface area contributed by atoms with Gasteiger partial charge in [0.25, 0.3) is 0 Å². The van der Waals surface area contributed by atoms with E-state index in [4.69, 9.17) is 5.73 Å². The van der Waals surface area contributed by atoms with Gasteiger partial charge in [0, 0.05) is 12.0 Å². The molecule has 0 bridgehead atoms. The fourth-order valence-electron chi connectivity index (χ4n) is 2.29. The molecule has 1 atom stereocenters. The monoisotopic (exact) mass is 279 g/mol. The maximum atomic E-state index is 14.0. The van der Waals surface area contributed by atoms with Crippen LogP contribution in [-0.2, 0) is 11.8 Å². The van der Waals surface area contributed by atoms with Gasteiger partial charge >= 0.3 is 0 Å². The lowest BCUT2D eigenvalue weighted by Crippen LogP contribution is -2.40. The normalized spacial score (nSPS) is 14.3. The molecule has 2 aromatic rings. The van der Waals surface area contributed by atoms with Gasteiger partial charge in [0.1, 0.15) is 5.82 Å². The van der Waals surface area contributed by atoms with Crippen LogP contribution in [0.1, 0.15) is 17.5 Å². The minimum atomic E-state index is -0.701. The first-order valence-corrected chi connectivity index (χ1v) is 7.23. The summed E-state index contributed by atoms with van der Waals surface area (Å²) in [6, 6.07) is 8.61. The highest BCUT2D eigenvalue weighted by atomic mass is 32.1. The fraction of sp³-hybridized carbons (Fsp3) is 0.333. The molecule has 0 fully saturated rings. The molecule has 0 aliphatic rings. The number of thiophene rings is 1. The predicted molar refractivity (Wildman–Crippen MR) is 76.9 cm³/mol. The summed E-state index contributed by atoms with van der Waals surface area (Å²) in [4.78, 5) is 0. The molecule has 102 valence electrons. The number of nitrogens with two attached hydrogens (primary N) is 1. The van der Waals surface area contributed by atoms with Crippen molar-refractivity contribution in [3.8, 4) is 0 Å². The zero-order valence-corrected chi connectivity index (χ0v) is 11.5. The molecule has 0 amide bonds. The molecule has 1 aromatic carbocycles. The van der Waals surface area contributed by atoms with E-state index in [0.29, 0.717) is 12.0 Å². The van der Waals surface area contributed by atoms with E-state index < -0.39 is 5.41 Å². The van der Waals surface area contributed by atoms with E-state index in [1.165, 1.54) is 11.6 Å². The number of aliphatic hydroxyl groups excluding tert-OH is 1. The first-order chi connectivity index (χ1) is 9.22. The number of aryl methyl sites for hydroxylation is 1. The summed E-state index contributed by atoms with van der Waals surface area (Å²) in [7, 11) is 0. The summed E-state index contributed by atoms with van der Waals surface area (Å²) in [5, 5.41) is 13.8. The second-order valence-electron chi connectivity index (χ2n) is 4.75. The highest BCUT2D eigenvalue weighted by Gasteiger charge is 2.32. The third kappa shape index (κ3) is 3.03.